The van der Waals surface area contributed by atoms with Crippen LogP contribution in [0.15, 0.2) is 23.2 Å². The van der Waals surface area contributed by atoms with E-state index in [0.29, 0.717) is 0 Å². The number of halogens is 1. The largest absolute Gasteiger partial charge is 0.370 e. The molecule has 4 N–H and O–H groups in total. The second-order valence-corrected chi connectivity index (χ2v) is 2.40. The Bertz CT molecular complexity index is 401. The van der Waals surface area contributed by atoms with Crippen LogP contribution in [0.3, 0.4) is 0 Å². The van der Waals surface area contributed by atoms with Gasteiger partial charge in [0.25, 0.3) is 5.69 Å². The van der Waals surface area contributed by atoms with Gasteiger partial charge in [-0.1, -0.05) is 6.07 Å². The van der Waals surface area contributed by atoms with Crippen molar-refractivity contribution in [3.05, 3.63) is 34.1 Å². The molecule has 0 heterocycles. The molecule has 6 nitrogen and oxygen atoms in total. The van der Waals surface area contributed by atoms with Crippen LogP contribution < -0.4 is 11.5 Å². The number of hydrogen-bond acceptors (Lipinski definition) is 3. The highest BCUT2D eigenvalue weighted by atomic mass is 19.1. The third-order valence-electron chi connectivity index (χ3n) is 1.40. The molecular formula is C7H7FN4O2. The van der Waals surface area contributed by atoms with Gasteiger partial charge in [-0.3, -0.25) is 10.1 Å². The van der Waals surface area contributed by atoms with Gasteiger partial charge in [0.15, 0.2) is 17.5 Å². The Morgan fingerprint density at radius 1 is 1.50 bits per heavy atom. The van der Waals surface area contributed by atoms with Gasteiger partial charge in [-0.05, 0) is 6.07 Å². The molecule has 0 spiro atoms. The molecule has 14 heavy (non-hydrogen) atoms. The van der Waals surface area contributed by atoms with Crippen LogP contribution in [-0.2, 0) is 0 Å². The van der Waals surface area contributed by atoms with Crippen molar-refractivity contribution in [1.29, 1.82) is 0 Å². The number of benzene rings is 1. The zero-order valence-corrected chi connectivity index (χ0v) is 6.98. The summed E-state index contributed by atoms with van der Waals surface area (Å²) in [4.78, 5) is 13.0. The number of guanidine groups is 1. The van der Waals surface area contributed by atoms with E-state index in [-0.39, 0.29) is 0 Å². The summed E-state index contributed by atoms with van der Waals surface area (Å²) in [5.41, 5.74) is 9.07. The molecule has 0 bridgehead atoms. The molecule has 0 saturated heterocycles. The first-order valence-electron chi connectivity index (χ1n) is 3.55. The number of hydrogen-bond donors (Lipinski definition) is 2. The summed E-state index contributed by atoms with van der Waals surface area (Å²) in [6, 6.07) is 3.36. The zero-order valence-electron chi connectivity index (χ0n) is 6.98. The number of aliphatic imine (C=N–C) groups is 1. The normalized spacial score (nSPS) is 9.50. The number of para-hydroxylation sites is 1. The standard InChI is InChI=1S/C7H7FN4O2/c8-4-2-1-3-5(12(13)14)6(4)11-7(9)10/h1-3H,(H4,9,10,11). The molecule has 1 rings (SSSR count). The highest BCUT2D eigenvalue weighted by Gasteiger charge is 2.16. The number of rotatable bonds is 2. The smallest absolute Gasteiger partial charge is 0.297 e. The van der Waals surface area contributed by atoms with Crippen molar-refractivity contribution >= 4 is 17.3 Å². The van der Waals surface area contributed by atoms with E-state index in [4.69, 9.17) is 11.5 Å². The van der Waals surface area contributed by atoms with Gasteiger partial charge in [0, 0.05) is 6.07 Å². The molecule has 0 aliphatic heterocycles. The van der Waals surface area contributed by atoms with E-state index in [0.717, 1.165) is 12.1 Å². The molecule has 0 aliphatic carbocycles. The number of nitro benzene ring substituents is 1. The van der Waals surface area contributed by atoms with Gasteiger partial charge < -0.3 is 11.5 Å². The highest BCUT2D eigenvalue weighted by molar-refractivity contribution is 5.81. The van der Waals surface area contributed by atoms with E-state index < -0.39 is 28.1 Å². The van der Waals surface area contributed by atoms with E-state index in [1.807, 2.05) is 0 Å². The van der Waals surface area contributed by atoms with Crippen LogP contribution in [0.2, 0.25) is 0 Å². The van der Waals surface area contributed by atoms with Crippen LogP contribution in [-0.4, -0.2) is 10.9 Å². The second-order valence-electron chi connectivity index (χ2n) is 2.40. The number of nitrogens with two attached hydrogens (primary N) is 2. The first-order valence-corrected chi connectivity index (χ1v) is 3.55. The fraction of sp³-hybridized carbons (Fsp3) is 0. The molecule has 0 aliphatic rings. The van der Waals surface area contributed by atoms with Crippen molar-refractivity contribution in [2.75, 3.05) is 0 Å². The lowest BCUT2D eigenvalue weighted by Crippen LogP contribution is -2.22. The monoisotopic (exact) mass is 198 g/mol. The molecule has 0 radical (unpaired) electrons. The van der Waals surface area contributed by atoms with E-state index >= 15 is 0 Å². The van der Waals surface area contributed by atoms with Crippen molar-refractivity contribution in [2.45, 2.75) is 0 Å². The van der Waals surface area contributed by atoms with Crippen LogP contribution in [0, 0.1) is 15.9 Å². The topological polar surface area (TPSA) is 108 Å². The predicted octanol–water partition coefficient (Wildman–Crippen LogP) is 0.639. The summed E-state index contributed by atoms with van der Waals surface area (Å²) in [5.74, 6) is -1.27. The molecule has 1 aromatic carbocycles. The Kier molecular flexibility index (Phi) is 2.61. The van der Waals surface area contributed by atoms with Gasteiger partial charge in [-0.25, -0.2) is 9.38 Å². The van der Waals surface area contributed by atoms with Crippen LogP contribution in [0.25, 0.3) is 0 Å². The van der Waals surface area contributed by atoms with E-state index in [1.54, 1.807) is 0 Å². The number of nitro groups is 1. The maximum atomic E-state index is 13.0. The molecule has 7 heteroatoms. The molecule has 0 aromatic heterocycles. The summed E-state index contributed by atoms with van der Waals surface area (Å²) in [7, 11) is 0. The Labute approximate surface area is 78.2 Å². The molecule has 0 amide bonds. The molecule has 0 atom stereocenters. The van der Waals surface area contributed by atoms with Gasteiger partial charge in [0.1, 0.15) is 0 Å². The van der Waals surface area contributed by atoms with Crippen LogP contribution in [0.5, 0.6) is 0 Å². The first-order chi connectivity index (χ1) is 6.52. The van der Waals surface area contributed by atoms with Crippen molar-refractivity contribution in [3.8, 4) is 0 Å². The van der Waals surface area contributed by atoms with Crippen LogP contribution >= 0.6 is 0 Å². The Balaban J connectivity index is 3.37. The highest BCUT2D eigenvalue weighted by Crippen LogP contribution is 2.29. The second kappa shape index (κ2) is 3.69. The lowest BCUT2D eigenvalue weighted by atomic mass is 10.2. The molecule has 0 saturated carbocycles. The maximum Gasteiger partial charge on any atom is 0.297 e. The summed E-state index contributed by atoms with van der Waals surface area (Å²) < 4.78 is 13.0. The minimum Gasteiger partial charge on any atom is -0.370 e. The van der Waals surface area contributed by atoms with Gasteiger partial charge in [0.05, 0.1) is 4.92 Å². The lowest BCUT2D eigenvalue weighted by Gasteiger charge is -1.98. The van der Waals surface area contributed by atoms with Crippen LogP contribution in [0.1, 0.15) is 0 Å². The Morgan fingerprint density at radius 2 is 2.14 bits per heavy atom. The van der Waals surface area contributed by atoms with Gasteiger partial charge >= 0.3 is 0 Å². The maximum absolute atomic E-state index is 13.0. The van der Waals surface area contributed by atoms with Crippen molar-refractivity contribution < 1.29 is 9.31 Å². The average Bonchev–Trinajstić information content (AvgIpc) is 2.07. The van der Waals surface area contributed by atoms with Crippen molar-refractivity contribution in [2.24, 2.45) is 16.5 Å². The third-order valence-corrected chi connectivity index (χ3v) is 1.40. The zero-order chi connectivity index (χ0) is 10.7. The fourth-order valence-electron chi connectivity index (χ4n) is 0.891. The van der Waals surface area contributed by atoms with Crippen molar-refractivity contribution in [3.63, 3.8) is 0 Å². The molecule has 0 unspecified atom stereocenters. The summed E-state index contributed by atoms with van der Waals surface area (Å²) >= 11 is 0. The van der Waals surface area contributed by atoms with Crippen molar-refractivity contribution in [1.82, 2.24) is 0 Å². The van der Waals surface area contributed by atoms with Crippen LogP contribution in [0.4, 0.5) is 15.8 Å². The number of nitrogens with zero attached hydrogens (tertiary/aromatic N) is 2. The molecule has 0 fully saturated rings. The average molecular weight is 198 g/mol. The predicted molar refractivity (Wildman–Crippen MR) is 48.5 cm³/mol. The minimum atomic E-state index is -0.840. The summed E-state index contributed by atoms with van der Waals surface area (Å²) in [5, 5.41) is 10.4. The molecular weight excluding hydrogens is 191 g/mol. The van der Waals surface area contributed by atoms with Gasteiger partial charge in [-0.2, -0.15) is 0 Å². The van der Waals surface area contributed by atoms with Gasteiger partial charge in [-0.15, -0.1) is 0 Å². The Morgan fingerprint density at radius 3 is 2.64 bits per heavy atom. The SMILES string of the molecule is NC(N)=Nc1c(F)cccc1[N+](=O)[O-]. The van der Waals surface area contributed by atoms with E-state index in [9.17, 15) is 14.5 Å². The molecule has 74 valence electrons. The Hall–Kier alpha value is -2.18. The minimum absolute atomic E-state index is 0.432. The lowest BCUT2D eigenvalue weighted by molar-refractivity contribution is -0.384. The third kappa shape index (κ3) is 1.94. The van der Waals surface area contributed by atoms with Gasteiger partial charge in [0.2, 0.25) is 0 Å². The fourth-order valence-corrected chi connectivity index (χ4v) is 0.891. The first kappa shape index (κ1) is 9.90. The quantitative estimate of drug-likeness (QED) is 0.314. The molecule has 1 aromatic rings. The van der Waals surface area contributed by atoms with E-state index in [2.05, 4.69) is 4.99 Å². The summed E-state index contributed by atoms with van der Waals surface area (Å²) in [6.07, 6.45) is 0. The summed E-state index contributed by atoms with van der Waals surface area (Å²) in [6.45, 7) is 0. The van der Waals surface area contributed by atoms with E-state index in [1.165, 1.54) is 6.07 Å².